The first-order chi connectivity index (χ1) is 15.7. The molecular weight excluding hydrogens is 437 g/mol. The third-order valence-electron chi connectivity index (χ3n) is 5.06. The molecule has 0 saturated heterocycles. The van der Waals surface area contributed by atoms with Gasteiger partial charge >= 0.3 is 18.1 Å². The van der Waals surface area contributed by atoms with Crippen molar-refractivity contribution in [3.8, 4) is 16.9 Å². The molecule has 33 heavy (non-hydrogen) atoms. The fraction of sp³-hybridized carbons (Fsp3) is 0.200. The number of halogens is 3. The molecule has 0 aliphatic carbocycles. The number of carboxylic acids is 1. The van der Waals surface area contributed by atoms with Gasteiger partial charge in [-0.3, -0.25) is 9.59 Å². The molecule has 0 heterocycles. The smallest absolute Gasteiger partial charge is 0.416 e. The van der Waals surface area contributed by atoms with Gasteiger partial charge in [-0.2, -0.15) is 13.2 Å². The summed E-state index contributed by atoms with van der Waals surface area (Å²) in [6.45, 7) is 0.207. The van der Waals surface area contributed by atoms with Crippen LogP contribution in [0, 0.1) is 0 Å². The van der Waals surface area contributed by atoms with Crippen molar-refractivity contribution in [2.24, 2.45) is 0 Å². The first-order valence-electron chi connectivity index (χ1n) is 9.96. The second kappa shape index (κ2) is 10.2. The topological polar surface area (TPSA) is 72.8 Å². The summed E-state index contributed by atoms with van der Waals surface area (Å²) in [6, 6.07) is 18.6. The van der Waals surface area contributed by atoms with E-state index in [1.165, 1.54) is 19.2 Å². The maximum atomic E-state index is 12.8. The van der Waals surface area contributed by atoms with Crippen LogP contribution in [0.4, 0.5) is 13.2 Å². The summed E-state index contributed by atoms with van der Waals surface area (Å²) in [5.74, 6) is -2.27. The molecule has 0 aliphatic heterocycles. The van der Waals surface area contributed by atoms with Crippen LogP contribution in [0.25, 0.3) is 11.1 Å². The van der Waals surface area contributed by atoms with Gasteiger partial charge in [-0.25, -0.2) is 0 Å². The van der Waals surface area contributed by atoms with Crippen molar-refractivity contribution in [2.75, 3.05) is 7.11 Å². The van der Waals surface area contributed by atoms with Gasteiger partial charge in [0, 0.05) is 0 Å². The number of hydrogen-bond donors (Lipinski definition) is 1. The molecule has 0 spiro atoms. The highest BCUT2D eigenvalue weighted by molar-refractivity contribution is 5.83. The molecule has 0 saturated carbocycles. The van der Waals surface area contributed by atoms with Crippen molar-refractivity contribution in [1.29, 1.82) is 0 Å². The van der Waals surface area contributed by atoms with E-state index in [1.807, 2.05) is 12.1 Å². The fourth-order valence-corrected chi connectivity index (χ4v) is 3.25. The molecule has 172 valence electrons. The van der Waals surface area contributed by atoms with Crippen molar-refractivity contribution < 1.29 is 37.3 Å². The van der Waals surface area contributed by atoms with Gasteiger partial charge in [0.25, 0.3) is 0 Å². The minimum Gasteiger partial charge on any atom is -0.489 e. The molecule has 5 nitrogen and oxygen atoms in total. The van der Waals surface area contributed by atoms with E-state index >= 15 is 0 Å². The molecule has 3 rings (SSSR count). The number of carbonyl (C=O) groups excluding carboxylic acids is 1. The molecule has 0 amide bonds. The van der Waals surface area contributed by atoms with Gasteiger partial charge in [0.05, 0.1) is 25.0 Å². The minimum absolute atomic E-state index is 0.207. The predicted octanol–water partition coefficient (Wildman–Crippen LogP) is 5.68. The number of hydrogen-bond acceptors (Lipinski definition) is 4. The average molecular weight is 458 g/mol. The summed E-state index contributed by atoms with van der Waals surface area (Å²) in [5.41, 5.74) is 1.97. The zero-order valence-electron chi connectivity index (χ0n) is 17.6. The van der Waals surface area contributed by atoms with Crippen molar-refractivity contribution in [3.63, 3.8) is 0 Å². The van der Waals surface area contributed by atoms with Crippen LogP contribution < -0.4 is 4.74 Å². The number of carbonyl (C=O) groups is 2. The van der Waals surface area contributed by atoms with Gasteiger partial charge in [0.2, 0.25) is 0 Å². The molecule has 8 heteroatoms. The zero-order valence-corrected chi connectivity index (χ0v) is 17.6. The predicted molar refractivity (Wildman–Crippen MR) is 115 cm³/mol. The fourth-order valence-electron chi connectivity index (χ4n) is 3.25. The maximum absolute atomic E-state index is 12.8. The molecule has 1 N–H and O–H groups in total. The molecule has 3 aromatic rings. The lowest BCUT2D eigenvalue weighted by Gasteiger charge is -2.13. The highest BCUT2D eigenvalue weighted by Gasteiger charge is 2.30. The average Bonchev–Trinajstić information content (AvgIpc) is 2.81. The Kier molecular flexibility index (Phi) is 7.37. The second-order valence-electron chi connectivity index (χ2n) is 7.30. The summed E-state index contributed by atoms with van der Waals surface area (Å²) in [7, 11) is 1.20. The zero-order chi connectivity index (χ0) is 24.0. The van der Waals surface area contributed by atoms with Gasteiger partial charge in [0.1, 0.15) is 12.4 Å². The molecule has 0 aliphatic rings. The van der Waals surface area contributed by atoms with Gasteiger partial charge in [0.15, 0.2) is 0 Å². The van der Waals surface area contributed by atoms with E-state index in [9.17, 15) is 27.9 Å². The first kappa shape index (κ1) is 23.8. The standard InChI is InChI=1S/C25H21F3O5/c1-32-23(29)14-22(24(30)31)18-7-11-21(12-8-18)33-15-16-3-2-4-19(13-16)17-5-9-20(10-6-17)25(26,27)28/h2-13,22H,14-15H2,1H3,(H,30,31)/t22-/m0/s1. The number of methoxy groups -OCH3 is 1. The number of ether oxygens (including phenoxy) is 2. The van der Waals surface area contributed by atoms with Crippen LogP contribution >= 0.6 is 0 Å². The Bertz CT molecular complexity index is 1110. The van der Waals surface area contributed by atoms with Crippen LogP contribution in [0.5, 0.6) is 5.75 Å². The maximum Gasteiger partial charge on any atom is 0.416 e. The van der Waals surface area contributed by atoms with Crippen LogP contribution in [0.15, 0.2) is 72.8 Å². The quantitative estimate of drug-likeness (QED) is 0.440. The lowest BCUT2D eigenvalue weighted by molar-refractivity contribution is -0.147. The SMILES string of the molecule is COC(=O)C[C@H](C(=O)O)c1ccc(OCc2cccc(-c3ccc(C(F)(F)F)cc3)c2)cc1. The van der Waals surface area contributed by atoms with Gasteiger partial charge in [-0.15, -0.1) is 0 Å². The largest absolute Gasteiger partial charge is 0.489 e. The molecular formula is C25H21F3O5. The van der Waals surface area contributed by atoms with Crippen LogP contribution in [0.2, 0.25) is 0 Å². The molecule has 0 radical (unpaired) electrons. The third kappa shape index (κ3) is 6.35. The number of carboxylic acid groups (broad SMARTS) is 1. The number of esters is 1. The van der Waals surface area contributed by atoms with Crippen molar-refractivity contribution in [2.45, 2.75) is 25.1 Å². The Balaban J connectivity index is 1.67. The van der Waals surface area contributed by atoms with Crippen LogP contribution in [0.3, 0.4) is 0 Å². The van der Waals surface area contributed by atoms with Crippen LogP contribution in [-0.4, -0.2) is 24.2 Å². The molecule has 1 atom stereocenters. The number of rotatable bonds is 8. The van der Waals surface area contributed by atoms with E-state index in [1.54, 1.807) is 36.4 Å². The molecule has 3 aromatic carbocycles. The lowest BCUT2D eigenvalue weighted by Crippen LogP contribution is -2.17. The molecule has 0 aromatic heterocycles. The van der Waals surface area contributed by atoms with E-state index in [4.69, 9.17) is 4.74 Å². The van der Waals surface area contributed by atoms with E-state index in [2.05, 4.69) is 4.74 Å². The molecule has 0 fully saturated rings. The van der Waals surface area contributed by atoms with Crippen LogP contribution in [0.1, 0.15) is 29.0 Å². The molecule has 0 bridgehead atoms. The summed E-state index contributed by atoms with van der Waals surface area (Å²) in [5, 5.41) is 9.37. The number of alkyl halides is 3. The van der Waals surface area contributed by atoms with Crippen LogP contribution in [-0.2, 0) is 27.1 Å². The Labute approximate surface area is 188 Å². The Morgan fingerprint density at radius 2 is 1.61 bits per heavy atom. The molecule has 0 unspecified atom stereocenters. The number of aliphatic carboxylic acids is 1. The van der Waals surface area contributed by atoms with E-state index in [0.717, 1.165) is 23.3 Å². The highest BCUT2D eigenvalue weighted by Crippen LogP contribution is 2.31. The Hall–Kier alpha value is -3.81. The summed E-state index contributed by atoms with van der Waals surface area (Å²) < 4.78 is 48.6. The summed E-state index contributed by atoms with van der Waals surface area (Å²) in [4.78, 5) is 22.9. The van der Waals surface area contributed by atoms with Gasteiger partial charge in [-0.1, -0.05) is 42.5 Å². The Morgan fingerprint density at radius 1 is 0.939 bits per heavy atom. The monoisotopic (exact) mass is 458 g/mol. The van der Waals surface area contributed by atoms with Crippen molar-refractivity contribution in [1.82, 2.24) is 0 Å². The van der Waals surface area contributed by atoms with Crippen molar-refractivity contribution in [3.05, 3.63) is 89.5 Å². The minimum atomic E-state index is -4.38. The third-order valence-corrected chi connectivity index (χ3v) is 5.06. The van der Waals surface area contributed by atoms with E-state index < -0.39 is 29.6 Å². The van der Waals surface area contributed by atoms with Gasteiger partial charge < -0.3 is 14.6 Å². The summed E-state index contributed by atoms with van der Waals surface area (Å²) in [6.07, 6.45) is -4.66. The highest BCUT2D eigenvalue weighted by atomic mass is 19.4. The first-order valence-corrected chi connectivity index (χ1v) is 9.96. The number of benzene rings is 3. The second-order valence-corrected chi connectivity index (χ2v) is 7.30. The Morgan fingerprint density at radius 3 is 2.18 bits per heavy atom. The summed E-state index contributed by atoms with van der Waals surface area (Å²) >= 11 is 0. The lowest BCUT2D eigenvalue weighted by atomic mass is 9.96. The van der Waals surface area contributed by atoms with Gasteiger partial charge in [-0.05, 0) is 52.6 Å². The normalized spacial score (nSPS) is 12.1. The van der Waals surface area contributed by atoms with E-state index in [0.29, 0.717) is 16.9 Å². The van der Waals surface area contributed by atoms with Crippen molar-refractivity contribution >= 4 is 11.9 Å². The van der Waals surface area contributed by atoms with E-state index in [-0.39, 0.29) is 13.0 Å².